The first kappa shape index (κ1) is 20.9. The minimum absolute atomic E-state index is 0.163. The molecule has 1 aliphatic heterocycles. The molecule has 158 valence electrons. The Bertz CT molecular complexity index is 957. The Morgan fingerprint density at radius 2 is 2.00 bits per heavy atom. The average Bonchev–Trinajstić information content (AvgIpc) is 3.39. The lowest BCUT2D eigenvalue weighted by atomic mass is 9.99. The highest BCUT2D eigenvalue weighted by molar-refractivity contribution is 7.18. The molecular weight excluding hydrogens is 399 g/mol. The largest absolute Gasteiger partial charge is 0.346 e. The molecule has 2 aromatic carbocycles. The van der Waals surface area contributed by atoms with Gasteiger partial charge >= 0.3 is 0 Å². The van der Waals surface area contributed by atoms with Gasteiger partial charge in [-0.25, -0.2) is 9.37 Å². The number of aryl methyl sites for hydroxylation is 1. The van der Waals surface area contributed by atoms with Crippen molar-refractivity contribution in [2.75, 3.05) is 13.6 Å². The van der Waals surface area contributed by atoms with Gasteiger partial charge < -0.3 is 4.90 Å². The third-order valence-corrected chi connectivity index (χ3v) is 6.71. The summed E-state index contributed by atoms with van der Waals surface area (Å²) in [6.45, 7) is 0.748. The van der Waals surface area contributed by atoms with E-state index in [1.165, 1.54) is 16.8 Å². The molecule has 30 heavy (non-hydrogen) atoms. The summed E-state index contributed by atoms with van der Waals surface area (Å²) in [7, 11) is 1.88. The molecule has 1 aromatic heterocycles. The summed E-state index contributed by atoms with van der Waals surface area (Å²) in [6.07, 6.45) is 4.07. The van der Waals surface area contributed by atoms with E-state index in [-0.39, 0.29) is 17.8 Å². The van der Waals surface area contributed by atoms with Gasteiger partial charge in [0.1, 0.15) is 5.82 Å². The summed E-state index contributed by atoms with van der Waals surface area (Å²) in [5.74, 6) is -0.0481. The predicted molar refractivity (Wildman–Crippen MR) is 119 cm³/mol. The zero-order valence-electron chi connectivity index (χ0n) is 17.1. The number of carbonyl (C=O) groups excluding carboxylic acids is 1. The Hall–Kier alpha value is -2.35. The first-order chi connectivity index (χ1) is 14.6. The molecule has 0 bridgehead atoms. The van der Waals surface area contributed by atoms with E-state index in [0.717, 1.165) is 41.9 Å². The second kappa shape index (κ2) is 9.64. The lowest BCUT2D eigenvalue weighted by Gasteiger charge is -2.18. The highest BCUT2D eigenvalue weighted by Gasteiger charge is 2.24. The monoisotopic (exact) mass is 426 g/mol. The van der Waals surface area contributed by atoms with E-state index in [2.05, 4.69) is 21.9 Å². The van der Waals surface area contributed by atoms with Crippen LogP contribution in [0.3, 0.4) is 0 Å². The summed E-state index contributed by atoms with van der Waals surface area (Å²) in [5, 5.41) is 1.02. The van der Waals surface area contributed by atoms with Gasteiger partial charge in [-0.05, 0) is 49.1 Å². The van der Waals surface area contributed by atoms with Crippen LogP contribution in [0.25, 0.3) is 10.2 Å². The third-order valence-electron chi connectivity index (χ3n) is 5.62. The topological polar surface area (TPSA) is 57.3 Å². The van der Waals surface area contributed by atoms with Gasteiger partial charge in [-0.15, -0.1) is 11.3 Å². The summed E-state index contributed by atoms with van der Waals surface area (Å²) in [5.41, 5.74) is 8.72. The first-order valence-corrected chi connectivity index (χ1v) is 11.2. The van der Waals surface area contributed by atoms with E-state index in [4.69, 9.17) is 0 Å². The molecule has 7 heteroatoms. The van der Waals surface area contributed by atoms with Gasteiger partial charge in [-0.3, -0.25) is 15.6 Å². The van der Waals surface area contributed by atoms with E-state index >= 15 is 0 Å². The van der Waals surface area contributed by atoms with Crippen LogP contribution >= 0.6 is 11.3 Å². The number of halogens is 1. The Morgan fingerprint density at radius 1 is 1.20 bits per heavy atom. The fourth-order valence-electron chi connectivity index (χ4n) is 3.86. The third kappa shape index (κ3) is 5.22. The Labute approximate surface area is 180 Å². The van der Waals surface area contributed by atoms with Gasteiger partial charge in [-0.1, -0.05) is 24.3 Å². The number of hydrogen-bond donors (Lipinski definition) is 2. The zero-order chi connectivity index (χ0) is 20.9. The van der Waals surface area contributed by atoms with E-state index in [9.17, 15) is 9.18 Å². The van der Waals surface area contributed by atoms with E-state index < -0.39 is 0 Å². The second-order valence-corrected chi connectivity index (χ2v) is 8.97. The smallest absolute Gasteiger partial charge is 0.222 e. The fraction of sp³-hybridized carbons (Fsp3) is 0.391. The number of hydrogen-bond acceptors (Lipinski definition) is 5. The van der Waals surface area contributed by atoms with Crippen LogP contribution in [-0.2, 0) is 11.2 Å². The van der Waals surface area contributed by atoms with Gasteiger partial charge in [0.25, 0.3) is 0 Å². The number of para-hydroxylation sites is 1. The van der Waals surface area contributed by atoms with Crippen molar-refractivity contribution in [3.63, 3.8) is 0 Å². The fourth-order valence-corrected chi connectivity index (χ4v) is 4.82. The van der Waals surface area contributed by atoms with E-state index in [1.54, 1.807) is 11.3 Å². The van der Waals surface area contributed by atoms with Crippen LogP contribution in [0.4, 0.5) is 4.39 Å². The minimum atomic E-state index is -0.211. The van der Waals surface area contributed by atoms with Crippen LogP contribution < -0.4 is 10.9 Å². The van der Waals surface area contributed by atoms with Crippen LogP contribution in [0.2, 0.25) is 0 Å². The number of rotatable bonds is 8. The van der Waals surface area contributed by atoms with Gasteiger partial charge in [0, 0.05) is 38.5 Å². The van der Waals surface area contributed by atoms with E-state index in [1.807, 2.05) is 42.3 Å². The lowest BCUT2D eigenvalue weighted by molar-refractivity contribution is -0.129. The van der Waals surface area contributed by atoms with Crippen molar-refractivity contribution in [2.24, 2.45) is 0 Å². The zero-order valence-corrected chi connectivity index (χ0v) is 17.9. The van der Waals surface area contributed by atoms with Crippen LogP contribution in [0.15, 0.2) is 48.5 Å². The summed E-state index contributed by atoms with van der Waals surface area (Å²) < 4.78 is 14.3. The highest BCUT2D eigenvalue weighted by Crippen LogP contribution is 2.25. The maximum atomic E-state index is 13.1. The van der Waals surface area contributed by atoms with Gasteiger partial charge in [-0.2, -0.15) is 0 Å². The number of thiazole rings is 1. The molecule has 0 saturated carbocycles. The van der Waals surface area contributed by atoms with Gasteiger partial charge in [0.2, 0.25) is 5.91 Å². The number of aromatic nitrogens is 1. The molecule has 3 aromatic rings. The number of amides is 1. The Balaban J connectivity index is 1.17. The van der Waals surface area contributed by atoms with Gasteiger partial charge in [0.05, 0.1) is 15.2 Å². The number of nitrogens with one attached hydrogen (secondary N) is 2. The molecular formula is C23H27FN4OS. The normalized spacial score (nSPS) is 18.7. The molecule has 0 radical (unpaired) electrons. The number of fused-ring (bicyclic) bond motifs is 1. The minimum Gasteiger partial charge on any atom is -0.346 e. The maximum absolute atomic E-state index is 13.1. The standard InChI is InChI=1S/C23H27FN4OS/c1-28(23(29)13-12-22-25-19-6-2-3-7-21(19)30-22)14-4-5-18-15-20(27-26-18)16-8-10-17(24)11-9-16/h2-3,6-11,18,20,26-27H,4-5,12-15H2,1H3. The number of carbonyl (C=O) groups is 1. The average molecular weight is 427 g/mol. The van der Waals surface area contributed by atoms with Crippen molar-refractivity contribution in [3.05, 3.63) is 64.9 Å². The second-order valence-electron chi connectivity index (χ2n) is 7.86. The van der Waals surface area contributed by atoms with Crippen LogP contribution in [0.1, 0.15) is 42.3 Å². The number of benzene rings is 2. The molecule has 0 aliphatic carbocycles. The van der Waals surface area contributed by atoms with Crippen LogP contribution in [0.5, 0.6) is 0 Å². The van der Waals surface area contributed by atoms with Crippen molar-refractivity contribution in [2.45, 2.75) is 44.2 Å². The van der Waals surface area contributed by atoms with Crippen molar-refractivity contribution in [1.82, 2.24) is 20.7 Å². The quantitative estimate of drug-likeness (QED) is 0.566. The van der Waals surface area contributed by atoms with Crippen molar-refractivity contribution < 1.29 is 9.18 Å². The molecule has 1 amide bonds. The summed E-state index contributed by atoms with van der Waals surface area (Å²) in [4.78, 5) is 18.9. The van der Waals surface area contributed by atoms with Crippen LogP contribution in [0, 0.1) is 5.82 Å². The Morgan fingerprint density at radius 3 is 2.80 bits per heavy atom. The van der Waals surface area contributed by atoms with Crippen molar-refractivity contribution in [3.8, 4) is 0 Å². The predicted octanol–water partition coefficient (Wildman–Crippen LogP) is 4.21. The SMILES string of the molecule is CN(CCCC1CC(c2ccc(F)cc2)NN1)C(=O)CCc1nc2ccccc2s1. The maximum Gasteiger partial charge on any atom is 0.222 e. The van der Waals surface area contributed by atoms with Crippen molar-refractivity contribution >= 4 is 27.5 Å². The Kier molecular flexibility index (Phi) is 6.72. The van der Waals surface area contributed by atoms with Gasteiger partial charge in [0.15, 0.2) is 0 Å². The molecule has 1 fully saturated rings. The number of nitrogens with zero attached hydrogens (tertiary/aromatic N) is 2. The summed E-state index contributed by atoms with van der Waals surface area (Å²) in [6, 6.07) is 15.3. The molecule has 5 nitrogen and oxygen atoms in total. The number of hydrazine groups is 1. The molecule has 2 atom stereocenters. The molecule has 0 spiro atoms. The molecule has 2 N–H and O–H groups in total. The molecule has 4 rings (SSSR count). The summed E-state index contributed by atoms with van der Waals surface area (Å²) >= 11 is 1.67. The molecule has 2 unspecified atom stereocenters. The highest BCUT2D eigenvalue weighted by atomic mass is 32.1. The molecule has 2 heterocycles. The molecule has 1 aliphatic rings. The van der Waals surface area contributed by atoms with Crippen molar-refractivity contribution in [1.29, 1.82) is 0 Å². The lowest BCUT2D eigenvalue weighted by Crippen LogP contribution is -2.32. The molecule has 1 saturated heterocycles. The van der Waals surface area contributed by atoms with Crippen LogP contribution in [-0.4, -0.2) is 35.4 Å². The van der Waals surface area contributed by atoms with E-state index in [0.29, 0.717) is 18.9 Å². The first-order valence-electron chi connectivity index (χ1n) is 10.4.